The Hall–Kier alpha value is -1.62. The third-order valence-corrected chi connectivity index (χ3v) is 3.08. The van der Waals surface area contributed by atoms with E-state index >= 15 is 0 Å². The van der Waals surface area contributed by atoms with Gasteiger partial charge in [-0.15, -0.1) is 0 Å². The Balaban J connectivity index is 2.28. The second-order valence-electron chi connectivity index (χ2n) is 4.84. The van der Waals surface area contributed by atoms with Crippen LogP contribution in [0.25, 0.3) is 0 Å². The van der Waals surface area contributed by atoms with E-state index in [1.54, 1.807) is 11.0 Å². The van der Waals surface area contributed by atoms with Gasteiger partial charge in [-0.05, 0) is 19.9 Å². The van der Waals surface area contributed by atoms with Crippen LogP contribution in [0.5, 0.6) is 5.75 Å². The zero-order chi connectivity index (χ0) is 12.5. The standard InChI is InChI=1S/C12H17N3O2/c1-12(2)8-14-5-6-15(12)11(17)9-3-4-13-7-10(9)16/h3-4,7,14,16H,5-6,8H2,1-2H3. The summed E-state index contributed by atoms with van der Waals surface area (Å²) in [5, 5.41) is 12.9. The van der Waals surface area contributed by atoms with Gasteiger partial charge in [0.15, 0.2) is 0 Å². The van der Waals surface area contributed by atoms with Crippen LogP contribution in [-0.2, 0) is 0 Å². The summed E-state index contributed by atoms with van der Waals surface area (Å²) >= 11 is 0. The van der Waals surface area contributed by atoms with Crippen molar-refractivity contribution in [2.45, 2.75) is 19.4 Å². The average Bonchev–Trinajstić information content (AvgIpc) is 2.28. The molecule has 92 valence electrons. The number of pyridine rings is 1. The number of amides is 1. The maximum atomic E-state index is 12.3. The predicted octanol–water partition coefficient (Wildman–Crippen LogP) is 0.611. The minimum absolute atomic E-state index is 0.0631. The lowest BCUT2D eigenvalue weighted by molar-refractivity contribution is 0.0474. The molecule has 1 saturated heterocycles. The number of piperazine rings is 1. The van der Waals surface area contributed by atoms with Gasteiger partial charge in [-0.25, -0.2) is 0 Å². The fourth-order valence-corrected chi connectivity index (χ4v) is 2.07. The number of nitrogens with zero attached hydrogens (tertiary/aromatic N) is 2. The Morgan fingerprint density at radius 1 is 1.59 bits per heavy atom. The highest BCUT2D eigenvalue weighted by molar-refractivity contribution is 5.97. The third-order valence-electron chi connectivity index (χ3n) is 3.08. The molecule has 0 unspecified atom stereocenters. The molecule has 0 bridgehead atoms. The van der Waals surface area contributed by atoms with Crippen LogP contribution in [0.1, 0.15) is 24.2 Å². The van der Waals surface area contributed by atoms with Crippen molar-refractivity contribution in [1.29, 1.82) is 0 Å². The van der Waals surface area contributed by atoms with Gasteiger partial charge in [-0.1, -0.05) is 0 Å². The van der Waals surface area contributed by atoms with Crippen LogP contribution in [0.2, 0.25) is 0 Å². The first-order valence-electron chi connectivity index (χ1n) is 5.68. The third kappa shape index (κ3) is 2.24. The number of hydrogen-bond donors (Lipinski definition) is 2. The fourth-order valence-electron chi connectivity index (χ4n) is 2.07. The van der Waals surface area contributed by atoms with E-state index in [2.05, 4.69) is 10.3 Å². The molecule has 0 aliphatic carbocycles. The Labute approximate surface area is 100 Å². The first-order chi connectivity index (χ1) is 8.02. The Morgan fingerprint density at radius 2 is 2.35 bits per heavy atom. The summed E-state index contributed by atoms with van der Waals surface area (Å²) in [5.74, 6) is -0.205. The molecule has 1 fully saturated rings. The molecule has 0 aromatic carbocycles. The molecular weight excluding hydrogens is 218 g/mol. The quantitative estimate of drug-likeness (QED) is 0.748. The van der Waals surface area contributed by atoms with Gasteiger partial charge in [0, 0.05) is 25.8 Å². The molecule has 0 saturated carbocycles. The lowest BCUT2D eigenvalue weighted by atomic mass is 9.99. The fraction of sp³-hybridized carbons (Fsp3) is 0.500. The summed E-state index contributed by atoms with van der Waals surface area (Å²) in [7, 11) is 0. The summed E-state index contributed by atoms with van der Waals surface area (Å²) in [6.07, 6.45) is 2.81. The number of hydrogen-bond acceptors (Lipinski definition) is 4. The Morgan fingerprint density at radius 3 is 3.00 bits per heavy atom. The van der Waals surface area contributed by atoms with Gasteiger partial charge < -0.3 is 15.3 Å². The normalized spacial score (nSPS) is 19.1. The number of carbonyl (C=O) groups excluding carboxylic acids is 1. The van der Waals surface area contributed by atoms with Crippen molar-refractivity contribution >= 4 is 5.91 Å². The molecule has 17 heavy (non-hydrogen) atoms. The number of rotatable bonds is 1. The molecule has 2 heterocycles. The van der Waals surface area contributed by atoms with Crippen LogP contribution in [0.4, 0.5) is 0 Å². The highest BCUT2D eigenvalue weighted by atomic mass is 16.3. The molecule has 1 aromatic heterocycles. The molecule has 0 radical (unpaired) electrons. The summed E-state index contributed by atoms with van der Waals surface area (Å²) < 4.78 is 0. The molecule has 1 aromatic rings. The van der Waals surface area contributed by atoms with Crippen molar-refractivity contribution in [3.8, 4) is 5.75 Å². The largest absolute Gasteiger partial charge is 0.505 e. The maximum absolute atomic E-state index is 12.3. The monoisotopic (exact) mass is 235 g/mol. The van der Waals surface area contributed by atoms with Crippen molar-refractivity contribution in [2.75, 3.05) is 19.6 Å². The summed E-state index contributed by atoms with van der Waals surface area (Å²) in [4.78, 5) is 17.9. The topological polar surface area (TPSA) is 65.5 Å². The van der Waals surface area contributed by atoms with Gasteiger partial charge in [0.05, 0.1) is 17.3 Å². The maximum Gasteiger partial charge on any atom is 0.258 e. The molecule has 2 rings (SSSR count). The molecule has 1 aliphatic rings. The molecular formula is C12H17N3O2. The van der Waals surface area contributed by atoms with E-state index in [4.69, 9.17) is 0 Å². The highest BCUT2D eigenvalue weighted by Crippen LogP contribution is 2.23. The van der Waals surface area contributed by atoms with Gasteiger partial charge in [0.2, 0.25) is 0 Å². The van der Waals surface area contributed by atoms with E-state index in [0.29, 0.717) is 12.1 Å². The first-order valence-corrected chi connectivity index (χ1v) is 5.68. The second kappa shape index (κ2) is 4.33. The lowest BCUT2D eigenvalue weighted by Crippen LogP contribution is -2.59. The zero-order valence-electron chi connectivity index (χ0n) is 10.1. The number of carbonyl (C=O) groups is 1. The predicted molar refractivity (Wildman–Crippen MR) is 63.9 cm³/mol. The van der Waals surface area contributed by atoms with E-state index in [0.717, 1.165) is 13.1 Å². The zero-order valence-corrected chi connectivity index (χ0v) is 10.1. The number of aromatic hydroxyl groups is 1. The summed E-state index contributed by atoms with van der Waals surface area (Å²) in [6.45, 7) is 6.20. The van der Waals surface area contributed by atoms with Gasteiger partial charge in [0.1, 0.15) is 5.75 Å². The highest BCUT2D eigenvalue weighted by Gasteiger charge is 2.34. The van der Waals surface area contributed by atoms with Crippen molar-refractivity contribution in [3.05, 3.63) is 24.0 Å². The van der Waals surface area contributed by atoms with Crippen LogP contribution in [-0.4, -0.2) is 46.1 Å². The second-order valence-corrected chi connectivity index (χ2v) is 4.84. The molecule has 5 heteroatoms. The van der Waals surface area contributed by atoms with Crippen molar-refractivity contribution < 1.29 is 9.90 Å². The van der Waals surface area contributed by atoms with E-state index in [1.165, 1.54) is 12.4 Å². The molecule has 5 nitrogen and oxygen atoms in total. The average molecular weight is 235 g/mol. The SMILES string of the molecule is CC1(C)CNCCN1C(=O)c1ccncc1O. The summed E-state index contributed by atoms with van der Waals surface area (Å²) in [6, 6.07) is 1.55. The molecule has 1 amide bonds. The van der Waals surface area contributed by atoms with Crippen LogP contribution in [0, 0.1) is 0 Å². The van der Waals surface area contributed by atoms with Crippen LogP contribution in [0.15, 0.2) is 18.5 Å². The van der Waals surface area contributed by atoms with Crippen molar-refractivity contribution in [3.63, 3.8) is 0 Å². The van der Waals surface area contributed by atoms with E-state index < -0.39 is 0 Å². The Bertz CT molecular complexity index is 432. The first kappa shape index (κ1) is 11.9. The van der Waals surface area contributed by atoms with Crippen molar-refractivity contribution in [2.24, 2.45) is 0 Å². The van der Waals surface area contributed by atoms with Crippen LogP contribution in [0.3, 0.4) is 0 Å². The summed E-state index contributed by atoms with van der Waals surface area (Å²) in [5.41, 5.74) is 0.0698. The molecule has 1 aliphatic heterocycles. The molecule has 2 N–H and O–H groups in total. The van der Waals surface area contributed by atoms with Crippen LogP contribution >= 0.6 is 0 Å². The van der Waals surface area contributed by atoms with E-state index in [1.807, 2.05) is 13.8 Å². The minimum atomic E-state index is -0.245. The van der Waals surface area contributed by atoms with E-state index in [-0.39, 0.29) is 17.2 Å². The van der Waals surface area contributed by atoms with E-state index in [9.17, 15) is 9.90 Å². The number of nitrogens with one attached hydrogen (secondary N) is 1. The van der Waals surface area contributed by atoms with Crippen LogP contribution < -0.4 is 5.32 Å². The Kier molecular flexibility index (Phi) is 3.02. The van der Waals surface area contributed by atoms with Crippen molar-refractivity contribution in [1.82, 2.24) is 15.2 Å². The molecule has 0 atom stereocenters. The van der Waals surface area contributed by atoms with Gasteiger partial charge >= 0.3 is 0 Å². The minimum Gasteiger partial charge on any atom is -0.505 e. The van der Waals surface area contributed by atoms with Gasteiger partial charge in [0.25, 0.3) is 5.91 Å². The van der Waals surface area contributed by atoms with Gasteiger partial charge in [-0.3, -0.25) is 9.78 Å². The smallest absolute Gasteiger partial charge is 0.258 e. The number of aromatic nitrogens is 1. The van der Waals surface area contributed by atoms with Gasteiger partial charge in [-0.2, -0.15) is 0 Å². The molecule has 0 spiro atoms. The lowest BCUT2D eigenvalue weighted by Gasteiger charge is -2.42.